The highest BCUT2D eigenvalue weighted by molar-refractivity contribution is 5.82. The zero-order valence-electron chi connectivity index (χ0n) is 16.0. The minimum atomic E-state index is -0.805. The normalized spacial score (nSPS) is 16.6. The first kappa shape index (κ1) is 19.9. The Morgan fingerprint density at radius 1 is 1.14 bits per heavy atom. The Balaban J connectivity index is 1.73. The lowest BCUT2D eigenvalue weighted by Crippen LogP contribution is -2.48. The van der Waals surface area contributed by atoms with Gasteiger partial charge in [-0.1, -0.05) is 24.3 Å². The first-order chi connectivity index (χ1) is 13.6. The minimum Gasteiger partial charge on any atom is -0.481 e. The number of aliphatic carboxylic acids is 1. The SMILES string of the molecule is O=C(O)CCC1CCCCN1C(=O)CN(Cc1cccnc1)c1ccccc1. The van der Waals surface area contributed by atoms with Crippen molar-refractivity contribution in [3.63, 3.8) is 0 Å². The van der Waals surface area contributed by atoms with Crippen LogP contribution in [-0.4, -0.2) is 46.0 Å². The van der Waals surface area contributed by atoms with E-state index in [2.05, 4.69) is 9.88 Å². The fraction of sp³-hybridized carbons (Fsp3) is 0.409. The monoisotopic (exact) mass is 381 g/mol. The van der Waals surface area contributed by atoms with E-state index in [0.29, 0.717) is 19.5 Å². The highest BCUT2D eigenvalue weighted by Crippen LogP contribution is 2.23. The number of benzene rings is 1. The van der Waals surface area contributed by atoms with Crippen molar-refractivity contribution in [2.24, 2.45) is 0 Å². The number of carbonyl (C=O) groups excluding carboxylic acids is 1. The van der Waals surface area contributed by atoms with Crippen molar-refractivity contribution in [1.82, 2.24) is 9.88 Å². The number of hydrogen-bond acceptors (Lipinski definition) is 4. The molecule has 1 unspecified atom stereocenters. The van der Waals surface area contributed by atoms with Crippen molar-refractivity contribution in [2.45, 2.75) is 44.7 Å². The van der Waals surface area contributed by atoms with E-state index in [-0.39, 0.29) is 24.9 Å². The van der Waals surface area contributed by atoms with Crippen molar-refractivity contribution < 1.29 is 14.7 Å². The van der Waals surface area contributed by atoms with Gasteiger partial charge < -0.3 is 14.9 Å². The lowest BCUT2D eigenvalue weighted by atomic mass is 9.97. The zero-order chi connectivity index (χ0) is 19.8. The van der Waals surface area contributed by atoms with Gasteiger partial charge in [0.15, 0.2) is 0 Å². The molecule has 1 aromatic heterocycles. The van der Waals surface area contributed by atoms with Gasteiger partial charge in [0, 0.05) is 43.6 Å². The molecule has 2 aromatic rings. The number of anilines is 1. The smallest absolute Gasteiger partial charge is 0.303 e. The van der Waals surface area contributed by atoms with Crippen molar-refractivity contribution in [1.29, 1.82) is 0 Å². The summed E-state index contributed by atoms with van der Waals surface area (Å²) in [4.78, 5) is 32.2. The molecule has 148 valence electrons. The van der Waals surface area contributed by atoms with Crippen LogP contribution in [0.5, 0.6) is 0 Å². The number of rotatable bonds is 8. The van der Waals surface area contributed by atoms with Gasteiger partial charge in [-0.05, 0) is 49.4 Å². The van der Waals surface area contributed by atoms with Gasteiger partial charge in [-0.2, -0.15) is 0 Å². The Hall–Kier alpha value is -2.89. The summed E-state index contributed by atoms with van der Waals surface area (Å²) in [6.45, 7) is 1.57. The number of carbonyl (C=O) groups is 2. The van der Waals surface area contributed by atoms with Crippen molar-refractivity contribution >= 4 is 17.6 Å². The zero-order valence-corrected chi connectivity index (χ0v) is 16.0. The largest absolute Gasteiger partial charge is 0.481 e. The molecule has 0 aliphatic carbocycles. The highest BCUT2D eigenvalue weighted by Gasteiger charge is 2.28. The van der Waals surface area contributed by atoms with Crippen LogP contribution in [0.1, 0.15) is 37.7 Å². The second-order valence-corrected chi connectivity index (χ2v) is 7.22. The summed E-state index contributed by atoms with van der Waals surface area (Å²) in [5.41, 5.74) is 2.03. The average Bonchev–Trinajstić information content (AvgIpc) is 2.73. The average molecular weight is 381 g/mol. The van der Waals surface area contributed by atoms with Gasteiger partial charge in [-0.15, -0.1) is 0 Å². The number of piperidine rings is 1. The number of likely N-dealkylation sites (tertiary alicyclic amines) is 1. The maximum atomic E-state index is 13.1. The van der Waals surface area contributed by atoms with Gasteiger partial charge in [0.05, 0.1) is 6.54 Å². The molecule has 2 heterocycles. The van der Waals surface area contributed by atoms with Gasteiger partial charge >= 0.3 is 5.97 Å². The van der Waals surface area contributed by atoms with Gasteiger partial charge in [0.2, 0.25) is 5.91 Å². The minimum absolute atomic E-state index is 0.0216. The van der Waals surface area contributed by atoms with Crippen molar-refractivity contribution in [3.8, 4) is 0 Å². The van der Waals surface area contributed by atoms with E-state index in [1.807, 2.05) is 53.6 Å². The fourth-order valence-electron chi connectivity index (χ4n) is 3.76. The van der Waals surface area contributed by atoms with Crippen LogP contribution in [-0.2, 0) is 16.1 Å². The number of nitrogens with zero attached hydrogens (tertiary/aromatic N) is 3. The third-order valence-corrected chi connectivity index (χ3v) is 5.18. The summed E-state index contributed by atoms with van der Waals surface area (Å²) in [6.07, 6.45) is 7.09. The Kier molecular flexibility index (Phi) is 7.00. The highest BCUT2D eigenvalue weighted by atomic mass is 16.4. The molecule has 1 aromatic carbocycles. The number of amides is 1. The van der Waals surface area contributed by atoms with Crippen LogP contribution in [0.15, 0.2) is 54.9 Å². The Bertz CT molecular complexity index is 767. The molecule has 1 fully saturated rings. The summed E-state index contributed by atoms with van der Waals surface area (Å²) in [6, 6.07) is 13.8. The van der Waals surface area contributed by atoms with Gasteiger partial charge in [-0.3, -0.25) is 14.6 Å². The van der Waals surface area contributed by atoms with E-state index in [4.69, 9.17) is 5.11 Å². The van der Waals surface area contributed by atoms with Crippen molar-refractivity contribution in [3.05, 3.63) is 60.4 Å². The van der Waals surface area contributed by atoms with E-state index in [0.717, 1.165) is 30.5 Å². The topological polar surface area (TPSA) is 73.7 Å². The molecular formula is C22H27N3O3. The maximum Gasteiger partial charge on any atom is 0.303 e. The molecule has 1 saturated heterocycles. The summed E-state index contributed by atoms with van der Waals surface area (Å²) < 4.78 is 0. The molecule has 1 atom stereocenters. The van der Waals surface area contributed by atoms with Gasteiger partial charge in [-0.25, -0.2) is 0 Å². The number of para-hydroxylation sites is 1. The van der Waals surface area contributed by atoms with Gasteiger partial charge in [0.1, 0.15) is 0 Å². The maximum absolute atomic E-state index is 13.1. The van der Waals surface area contributed by atoms with E-state index in [9.17, 15) is 9.59 Å². The third kappa shape index (κ3) is 5.55. The number of carboxylic acids is 1. The van der Waals surface area contributed by atoms with Crippen LogP contribution >= 0.6 is 0 Å². The molecule has 0 radical (unpaired) electrons. The van der Waals surface area contributed by atoms with E-state index in [1.54, 1.807) is 6.20 Å². The van der Waals surface area contributed by atoms with Gasteiger partial charge in [0.25, 0.3) is 0 Å². The molecule has 1 aliphatic heterocycles. The first-order valence-electron chi connectivity index (χ1n) is 9.83. The predicted molar refractivity (Wildman–Crippen MR) is 108 cm³/mol. The lowest BCUT2D eigenvalue weighted by Gasteiger charge is -2.37. The molecule has 6 heteroatoms. The molecule has 1 amide bonds. The molecular weight excluding hydrogens is 354 g/mol. The fourth-order valence-corrected chi connectivity index (χ4v) is 3.76. The molecule has 1 N–H and O–H groups in total. The molecule has 3 rings (SSSR count). The second-order valence-electron chi connectivity index (χ2n) is 7.22. The Morgan fingerprint density at radius 3 is 2.68 bits per heavy atom. The van der Waals surface area contributed by atoms with E-state index >= 15 is 0 Å². The Morgan fingerprint density at radius 2 is 1.96 bits per heavy atom. The number of carboxylic acid groups (broad SMARTS) is 1. The van der Waals surface area contributed by atoms with Crippen LogP contribution < -0.4 is 4.90 Å². The standard InChI is InChI=1S/C22H27N3O3/c26-21(25-14-5-4-10-20(25)11-12-22(27)28)17-24(19-8-2-1-3-9-19)16-18-7-6-13-23-15-18/h1-3,6-9,13,15,20H,4-5,10-12,14,16-17H2,(H,27,28). The summed E-state index contributed by atoms with van der Waals surface area (Å²) >= 11 is 0. The number of aromatic nitrogens is 1. The van der Waals surface area contributed by atoms with E-state index < -0.39 is 5.97 Å². The first-order valence-corrected chi connectivity index (χ1v) is 9.83. The summed E-state index contributed by atoms with van der Waals surface area (Å²) in [5.74, 6) is -0.747. The number of hydrogen-bond donors (Lipinski definition) is 1. The number of pyridine rings is 1. The molecule has 0 spiro atoms. The third-order valence-electron chi connectivity index (χ3n) is 5.18. The quantitative estimate of drug-likeness (QED) is 0.759. The molecule has 1 aliphatic rings. The lowest BCUT2D eigenvalue weighted by molar-refractivity contribution is -0.139. The Labute approximate surface area is 165 Å². The molecule has 6 nitrogen and oxygen atoms in total. The summed E-state index contributed by atoms with van der Waals surface area (Å²) in [5, 5.41) is 9.01. The summed E-state index contributed by atoms with van der Waals surface area (Å²) in [7, 11) is 0. The predicted octanol–water partition coefficient (Wildman–Crippen LogP) is 3.33. The van der Waals surface area contributed by atoms with Crippen LogP contribution in [0.25, 0.3) is 0 Å². The molecule has 28 heavy (non-hydrogen) atoms. The van der Waals surface area contributed by atoms with Crippen molar-refractivity contribution in [2.75, 3.05) is 18.0 Å². The van der Waals surface area contributed by atoms with Crippen LogP contribution in [0.3, 0.4) is 0 Å². The molecule has 0 bridgehead atoms. The van der Waals surface area contributed by atoms with Crippen LogP contribution in [0.4, 0.5) is 5.69 Å². The van der Waals surface area contributed by atoms with E-state index in [1.165, 1.54) is 0 Å². The second kappa shape index (κ2) is 9.88. The van der Waals surface area contributed by atoms with Crippen LogP contribution in [0.2, 0.25) is 0 Å². The molecule has 0 saturated carbocycles. The van der Waals surface area contributed by atoms with Crippen LogP contribution in [0, 0.1) is 0 Å².